The minimum Gasteiger partial charge on any atom is -0.495 e. The van der Waals surface area contributed by atoms with Gasteiger partial charge in [0.05, 0.1) is 7.11 Å². The molecule has 0 aromatic carbocycles. The highest BCUT2D eigenvalue weighted by Gasteiger charge is 1.84. The predicted molar refractivity (Wildman–Crippen MR) is 35.7 cm³/mol. The summed E-state index contributed by atoms with van der Waals surface area (Å²) in [6, 6.07) is 0. The summed E-state index contributed by atoms with van der Waals surface area (Å²) in [5.74, 6) is 0.465. The van der Waals surface area contributed by atoms with Crippen LogP contribution in [0.3, 0.4) is 0 Å². The van der Waals surface area contributed by atoms with Gasteiger partial charge in [-0.25, -0.2) is 0 Å². The topological polar surface area (TPSA) is 38.7 Å². The van der Waals surface area contributed by atoms with Gasteiger partial charge in [-0.15, -0.1) is 4.91 Å². The SMILES string of the molecule is C/C=C/C(=C/N=O)OC. The first-order chi connectivity index (χ1) is 4.35. The van der Waals surface area contributed by atoms with Gasteiger partial charge in [0.1, 0.15) is 12.0 Å². The summed E-state index contributed by atoms with van der Waals surface area (Å²) >= 11 is 0. The Labute approximate surface area is 54.0 Å². The van der Waals surface area contributed by atoms with Crippen LogP contribution < -0.4 is 0 Å². The Morgan fingerprint density at radius 2 is 2.33 bits per heavy atom. The van der Waals surface area contributed by atoms with Gasteiger partial charge in [-0.1, -0.05) is 6.08 Å². The van der Waals surface area contributed by atoms with Gasteiger partial charge in [0.25, 0.3) is 0 Å². The zero-order chi connectivity index (χ0) is 7.11. The Hall–Kier alpha value is -1.12. The minimum absolute atomic E-state index is 0.465. The number of ether oxygens (including phenoxy) is 1. The molecule has 9 heavy (non-hydrogen) atoms. The first-order valence-corrected chi connectivity index (χ1v) is 2.54. The molecule has 0 radical (unpaired) electrons. The van der Waals surface area contributed by atoms with Crippen LogP contribution in [-0.4, -0.2) is 7.11 Å². The van der Waals surface area contributed by atoms with E-state index in [0.29, 0.717) is 5.76 Å². The Morgan fingerprint density at radius 3 is 2.67 bits per heavy atom. The van der Waals surface area contributed by atoms with E-state index in [1.54, 1.807) is 12.2 Å². The second-order valence-corrected chi connectivity index (χ2v) is 1.34. The summed E-state index contributed by atoms with van der Waals surface area (Å²) in [6.07, 6.45) is 4.53. The lowest BCUT2D eigenvalue weighted by atomic mass is 10.4. The van der Waals surface area contributed by atoms with Crippen molar-refractivity contribution >= 4 is 0 Å². The Balaban J connectivity index is 3.96. The fraction of sp³-hybridized carbons (Fsp3) is 0.333. The van der Waals surface area contributed by atoms with Gasteiger partial charge >= 0.3 is 0 Å². The summed E-state index contributed by atoms with van der Waals surface area (Å²) in [6.45, 7) is 1.83. The van der Waals surface area contributed by atoms with Crippen LogP contribution in [0.15, 0.2) is 29.3 Å². The molecule has 0 aliphatic heterocycles. The maximum absolute atomic E-state index is 9.61. The number of hydrogen-bond donors (Lipinski definition) is 0. The first kappa shape index (κ1) is 7.88. The van der Waals surface area contributed by atoms with E-state index in [2.05, 4.69) is 5.18 Å². The molecule has 0 rings (SSSR count). The predicted octanol–water partition coefficient (Wildman–Crippen LogP) is 1.82. The average Bonchev–Trinajstić information content (AvgIpc) is 1.88. The molecular weight excluding hydrogens is 118 g/mol. The van der Waals surface area contributed by atoms with Crippen molar-refractivity contribution < 1.29 is 4.74 Å². The van der Waals surface area contributed by atoms with E-state index in [0.717, 1.165) is 6.20 Å². The lowest BCUT2D eigenvalue weighted by Crippen LogP contribution is -1.78. The molecule has 0 saturated heterocycles. The molecule has 0 amide bonds. The number of methoxy groups -OCH3 is 1. The highest BCUT2D eigenvalue weighted by atomic mass is 16.5. The van der Waals surface area contributed by atoms with Crippen molar-refractivity contribution in [3.8, 4) is 0 Å². The molecule has 0 aromatic heterocycles. The van der Waals surface area contributed by atoms with E-state index in [1.807, 2.05) is 6.92 Å². The molecule has 0 unspecified atom stereocenters. The van der Waals surface area contributed by atoms with Gasteiger partial charge in [-0.05, 0) is 18.2 Å². The molecule has 0 N–H and O–H groups in total. The van der Waals surface area contributed by atoms with E-state index < -0.39 is 0 Å². The van der Waals surface area contributed by atoms with Crippen molar-refractivity contribution in [3.63, 3.8) is 0 Å². The monoisotopic (exact) mass is 127 g/mol. The molecule has 0 bridgehead atoms. The Kier molecular flexibility index (Phi) is 4.40. The van der Waals surface area contributed by atoms with Gasteiger partial charge in [0.15, 0.2) is 0 Å². The van der Waals surface area contributed by atoms with Crippen LogP contribution in [0.2, 0.25) is 0 Å². The third-order valence-corrected chi connectivity index (χ3v) is 0.747. The van der Waals surface area contributed by atoms with Crippen molar-refractivity contribution in [3.05, 3.63) is 29.0 Å². The molecular formula is C6H9NO2. The normalized spacial score (nSPS) is 12.0. The van der Waals surface area contributed by atoms with Crippen molar-refractivity contribution in [2.45, 2.75) is 6.92 Å². The molecule has 0 aliphatic rings. The highest BCUT2D eigenvalue weighted by Crippen LogP contribution is 1.96. The summed E-state index contributed by atoms with van der Waals surface area (Å²) in [7, 11) is 1.48. The molecule has 0 fully saturated rings. The van der Waals surface area contributed by atoms with Crippen LogP contribution in [0.5, 0.6) is 0 Å². The van der Waals surface area contributed by atoms with Crippen LogP contribution in [0.25, 0.3) is 0 Å². The van der Waals surface area contributed by atoms with E-state index >= 15 is 0 Å². The second-order valence-electron chi connectivity index (χ2n) is 1.34. The standard InChI is InChI=1S/C6H9NO2/c1-3-4-6(9-2)5-7-8/h3-5H,1-2H3/b4-3+,6-5-. The molecule has 0 spiro atoms. The van der Waals surface area contributed by atoms with E-state index in [4.69, 9.17) is 4.74 Å². The van der Waals surface area contributed by atoms with E-state index in [9.17, 15) is 4.91 Å². The lowest BCUT2D eigenvalue weighted by molar-refractivity contribution is 0.305. The fourth-order valence-electron chi connectivity index (χ4n) is 0.380. The average molecular weight is 127 g/mol. The summed E-state index contributed by atoms with van der Waals surface area (Å²) in [4.78, 5) is 9.61. The summed E-state index contributed by atoms with van der Waals surface area (Å²) in [5.41, 5.74) is 0. The lowest BCUT2D eigenvalue weighted by Gasteiger charge is -1.93. The van der Waals surface area contributed by atoms with Gasteiger partial charge in [0.2, 0.25) is 0 Å². The number of nitrogens with zero attached hydrogens (tertiary/aromatic N) is 1. The van der Waals surface area contributed by atoms with Crippen LogP contribution in [0.1, 0.15) is 6.92 Å². The maximum Gasteiger partial charge on any atom is 0.140 e. The van der Waals surface area contributed by atoms with Crippen molar-refractivity contribution in [1.29, 1.82) is 0 Å². The second kappa shape index (κ2) is 5.03. The van der Waals surface area contributed by atoms with Gasteiger partial charge in [0, 0.05) is 0 Å². The number of rotatable bonds is 3. The fourth-order valence-corrected chi connectivity index (χ4v) is 0.380. The van der Waals surface area contributed by atoms with Crippen molar-refractivity contribution in [2.75, 3.05) is 7.11 Å². The minimum atomic E-state index is 0.465. The summed E-state index contributed by atoms with van der Waals surface area (Å²) in [5, 5.41) is 2.54. The van der Waals surface area contributed by atoms with Crippen LogP contribution in [0.4, 0.5) is 0 Å². The zero-order valence-corrected chi connectivity index (χ0v) is 5.50. The molecule has 3 nitrogen and oxygen atoms in total. The third-order valence-electron chi connectivity index (χ3n) is 0.747. The third kappa shape index (κ3) is 3.46. The largest absolute Gasteiger partial charge is 0.495 e. The molecule has 0 aromatic rings. The van der Waals surface area contributed by atoms with Crippen molar-refractivity contribution in [1.82, 2.24) is 0 Å². The van der Waals surface area contributed by atoms with Crippen LogP contribution in [0, 0.1) is 4.91 Å². The van der Waals surface area contributed by atoms with E-state index in [-0.39, 0.29) is 0 Å². The smallest absolute Gasteiger partial charge is 0.140 e. The van der Waals surface area contributed by atoms with Crippen LogP contribution >= 0.6 is 0 Å². The highest BCUT2D eigenvalue weighted by molar-refractivity contribution is 5.09. The molecule has 0 saturated carbocycles. The van der Waals surface area contributed by atoms with Gasteiger partial charge < -0.3 is 4.74 Å². The number of hydrogen-bond acceptors (Lipinski definition) is 3. The quantitative estimate of drug-likeness (QED) is 0.329. The Bertz CT molecular complexity index is 138. The maximum atomic E-state index is 9.61. The molecule has 3 heteroatoms. The van der Waals surface area contributed by atoms with Crippen LogP contribution in [-0.2, 0) is 4.74 Å². The first-order valence-electron chi connectivity index (χ1n) is 2.54. The zero-order valence-electron chi connectivity index (χ0n) is 5.50. The Morgan fingerprint density at radius 1 is 1.67 bits per heavy atom. The molecule has 0 heterocycles. The van der Waals surface area contributed by atoms with Gasteiger partial charge in [-0.2, -0.15) is 0 Å². The number of nitroso groups, excluding NO2 is 1. The van der Waals surface area contributed by atoms with Gasteiger partial charge in [-0.3, -0.25) is 0 Å². The molecule has 50 valence electrons. The van der Waals surface area contributed by atoms with E-state index in [1.165, 1.54) is 7.11 Å². The number of allylic oxidation sites excluding steroid dienone is 2. The molecule has 0 aliphatic carbocycles. The summed E-state index contributed by atoms with van der Waals surface area (Å²) < 4.78 is 4.71. The molecule has 0 atom stereocenters. The van der Waals surface area contributed by atoms with Crippen molar-refractivity contribution in [2.24, 2.45) is 5.18 Å².